The molecule has 0 N–H and O–H groups in total. The molecule has 0 fully saturated rings. The molecule has 0 nitrogen and oxygen atoms in total. The summed E-state index contributed by atoms with van der Waals surface area (Å²) >= 11 is 0. The van der Waals surface area contributed by atoms with Crippen molar-refractivity contribution < 1.29 is 0 Å². The third-order valence-electron chi connectivity index (χ3n) is 5.19. The summed E-state index contributed by atoms with van der Waals surface area (Å²) in [5, 5.41) is 0. The van der Waals surface area contributed by atoms with Gasteiger partial charge in [0.05, 0.1) is 0 Å². The van der Waals surface area contributed by atoms with Gasteiger partial charge < -0.3 is 0 Å². The van der Waals surface area contributed by atoms with Crippen LogP contribution in [-0.2, 0) is 0 Å². The van der Waals surface area contributed by atoms with Gasteiger partial charge in [-0.15, -0.1) is 11.8 Å². The first-order chi connectivity index (χ1) is 12.4. The van der Waals surface area contributed by atoms with E-state index in [9.17, 15) is 0 Å². The van der Waals surface area contributed by atoms with E-state index in [2.05, 4.69) is 25.7 Å². The van der Waals surface area contributed by atoms with Crippen molar-refractivity contribution in [3.05, 3.63) is 0 Å². The molecule has 0 aliphatic carbocycles. The Kier molecular flexibility index (Phi) is 23.1. The summed E-state index contributed by atoms with van der Waals surface area (Å²) in [7, 11) is 0. The van der Waals surface area contributed by atoms with Crippen molar-refractivity contribution in [1.82, 2.24) is 0 Å². The summed E-state index contributed by atoms with van der Waals surface area (Å²) in [6, 6.07) is 0. The highest BCUT2D eigenvalue weighted by Crippen LogP contribution is 2.12. The van der Waals surface area contributed by atoms with E-state index in [0.29, 0.717) is 0 Å². The Morgan fingerprint density at radius 2 is 0.560 bits per heavy atom. The zero-order valence-electron chi connectivity index (χ0n) is 17.8. The molecular weight excluding hydrogens is 300 g/mol. The monoisotopic (exact) mass is 348 g/mol. The number of rotatable bonds is 19. The van der Waals surface area contributed by atoms with Crippen molar-refractivity contribution in [3.63, 3.8) is 0 Å². The third kappa shape index (κ3) is 23.6. The van der Waals surface area contributed by atoms with Crippen molar-refractivity contribution >= 4 is 0 Å². The summed E-state index contributed by atoms with van der Waals surface area (Å²) in [6.07, 6.45) is 29.2. The number of hydrogen-bond acceptors (Lipinski definition) is 0. The first-order valence-electron chi connectivity index (χ1n) is 11.9. The SMILES string of the molecule is CCCCCCCCCC#CCCCCCCCCCCCCCC. The van der Waals surface area contributed by atoms with Gasteiger partial charge in [0.2, 0.25) is 0 Å². The summed E-state index contributed by atoms with van der Waals surface area (Å²) in [5.74, 6) is 6.76. The van der Waals surface area contributed by atoms with E-state index in [-0.39, 0.29) is 0 Å². The maximum Gasteiger partial charge on any atom is 0.00886 e. The van der Waals surface area contributed by atoms with Gasteiger partial charge in [0.1, 0.15) is 0 Å². The molecule has 0 amide bonds. The lowest BCUT2D eigenvalue weighted by Crippen LogP contribution is -1.82. The fourth-order valence-corrected chi connectivity index (χ4v) is 3.40. The van der Waals surface area contributed by atoms with Gasteiger partial charge in [-0.1, -0.05) is 123 Å². The Bertz CT molecular complexity index is 280. The maximum atomic E-state index is 3.38. The van der Waals surface area contributed by atoms with Gasteiger partial charge in [-0.05, 0) is 12.8 Å². The summed E-state index contributed by atoms with van der Waals surface area (Å²) in [5.41, 5.74) is 0. The molecule has 0 heterocycles. The van der Waals surface area contributed by atoms with Crippen LogP contribution in [0.5, 0.6) is 0 Å². The molecule has 25 heavy (non-hydrogen) atoms. The quantitative estimate of drug-likeness (QED) is 0.161. The van der Waals surface area contributed by atoms with Crippen molar-refractivity contribution in [2.24, 2.45) is 0 Å². The van der Waals surface area contributed by atoms with E-state index < -0.39 is 0 Å². The molecule has 0 radical (unpaired) electrons. The smallest absolute Gasteiger partial charge is 0.00886 e. The normalized spacial score (nSPS) is 10.6. The molecule has 0 saturated carbocycles. The molecule has 0 aromatic rings. The maximum absolute atomic E-state index is 3.38. The number of unbranched alkanes of at least 4 members (excludes halogenated alkanes) is 19. The predicted octanol–water partition coefficient (Wildman–Crippen LogP) is 9.22. The van der Waals surface area contributed by atoms with Crippen molar-refractivity contribution in [3.8, 4) is 11.8 Å². The minimum atomic E-state index is 1.13. The van der Waals surface area contributed by atoms with Crippen LogP contribution in [0.3, 0.4) is 0 Å². The van der Waals surface area contributed by atoms with Crippen LogP contribution < -0.4 is 0 Å². The second-order valence-corrected chi connectivity index (χ2v) is 7.86. The zero-order valence-corrected chi connectivity index (χ0v) is 17.8. The Morgan fingerprint density at radius 1 is 0.320 bits per heavy atom. The van der Waals surface area contributed by atoms with Crippen LogP contribution in [0.25, 0.3) is 0 Å². The van der Waals surface area contributed by atoms with E-state index in [1.54, 1.807) is 0 Å². The Labute approximate surface area is 160 Å². The first kappa shape index (κ1) is 24.6. The summed E-state index contributed by atoms with van der Waals surface area (Å²) in [6.45, 7) is 4.58. The van der Waals surface area contributed by atoms with Crippen molar-refractivity contribution in [2.75, 3.05) is 0 Å². The van der Waals surface area contributed by atoms with Gasteiger partial charge in [0, 0.05) is 12.8 Å². The van der Waals surface area contributed by atoms with Gasteiger partial charge in [0.15, 0.2) is 0 Å². The topological polar surface area (TPSA) is 0 Å². The lowest BCUT2D eigenvalue weighted by Gasteiger charge is -2.01. The van der Waals surface area contributed by atoms with E-state index >= 15 is 0 Å². The number of hydrogen-bond donors (Lipinski definition) is 0. The van der Waals surface area contributed by atoms with Gasteiger partial charge in [-0.25, -0.2) is 0 Å². The molecule has 148 valence electrons. The van der Waals surface area contributed by atoms with Crippen LogP contribution >= 0.6 is 0 Å². The van der Waals surface area contributed by atoms with E-state index in [1.807, 2.05) is 0 Å². The molecule has 0 unspecified atom stereocenters. The molecule has 0 rings (SSSR count). The average Bonchev–Trinajstić information content (AvgIpc) is 2.63. The van der Waals surface area contributed by atoms with E-state index in [4.69, 9.17) is 0 Å². The van der Waals surface area contributed by atoms with Gasteiger partial charge >= 0.3 is 0 Å². The zero-order chi connectivity index (χ0) is 18.3. The van der Waals surface area contributed by atoms with Crippen molar-refractivity contribution in [2.45, 2.75) is 149 Å². The largest absolute Gasteiger partial charge is 0.103 e. The highest BCUT2D eigenvalue weighted by atomic mass is 14.0. The Morgan fingerprint density at radius 3 is 0.840 bits per heavy atom. The highest BCUT2D eigenvalue weighted by molar-refractivity contribution is 4.98. The standard InChI is InChI=1S/C25H48/c1-3-5-7-9-11-13-15-17-19-21-23-25-24-22-20-18-16-14-12-10-8-6-4-2/h3-19,21,23-25H2,1-2H3. The van der Waals surface area contributed by atoms with Crippen LogP contribution in [0, 0.1) is 11.8 Å². The second-order valence-electron chi connectivity index (χ2n) is 7.86. The lowest BCUT2D eigenvalue weighted by molar-refractivity contribution is 0.545. The Balaban J connectivity index is 3.07. The molecule has 0 aromatic carbocycles. The fraction of sp³-hybridized carbons (Fsp3) is 0.920. The van der Waals surface area contributed by atoms with E-state index in [1.165, 1.54) is 122 Å². The fourth-order valence-electron chi connectivity index (χ4n) is 3.40. The van der Waals surface area contributed by atoms with Crippen LogP contribution in [0.1, 0.15) is 149 Å². The van der Waals surface area contributed by atoms with Crippen LogP contribution in [0.4, 0.5) is 0 Å². The van der Waals surface area contributed by atoms with Crippen LogP contribution in [0.15, 0.2) is 0 Å². The highest BCUT2D eigenvalue weighted by Gasteiger charge is 1.93. The molecule has 0 spiro atoms. The molecular formula is C25H48. The molecule has 0 saturated heterocycles. The summed E-state index contributed by atoms with van der Waals surface area (Å²) in [4.78, 5) is 0. The van der Waals surface area contributed by atoms with E-state index in [0.717, 1.165) is 12.8 Å². The molecule has 0 bridgehead atoms. The molecule has 0 atom stereocenters. The molecule has 0 aromatic heterocycles. The van der Waals surface area contributed by atoms with Gasteiger partial charge in [0.25, 0.3) is 0 Å². The van der Waals surface area contributed by atoms with Gasteiger partial charge in [-0.2, -0.15) is 0 Å². The third-order valence-corrected chi connectivity index (χ3v) is 5.19. The average molecular weight is 349 g/mol. The van der Waals surface area contributed by atoms with Crippen molar-refractivity contribution in [1.29, 1.82) is 0 Å². The van der Waals surface area contributed by atoms with Crippen LogP contribution in [-0.4, -0.2) is 0 Å². The predicted molar refractivity (Wildman–Crippen MR) is 116 cm³/mol. The molecule has 0 aliphatic heterocycles. The minimum Gasteiger partial charge on any atom is -0.103 e. The lowest BCUT2D eigenvalue weighted by atomic mass is 10.0. The molecule has 0 aliphatic rings. The summed E-state index contributed by atoms with van der Waals surface area (Å²) < 4.78 is 0. The first-order valence-corrected chi connectivity index (χ1v) is 11.9. The Hall–Kier alpha value is -0.440. The van der Waals surface area contributed by atoms with Gasteiger partial charge in [-0.3, -0.25) is 0 Å². The molecule has 0 heteroatoms. The van der Waals surface area contributed by atoms with Crippen LogP contribution in [0.2, 0.25) is 0 Å². The minimum absolute atomic E-state index is 1.13. The second kappa shape index (κ2) is 23.6.